The van der Waals surface area contributed by atoms with Crippen molar-refractivity contribution in [2.75, 3.05) is 13.2 Å². The zero-order chi connectivity index (χ0) is 14.6. The summed E-state index contributed by atoms with van der Waals surface area (Å²) in [4.78, 5) is 0. The number of benzene rings is 1. The second-order valence-corrected chi connectivity index (χ2v) is 5.16. The normalized spacial score (nSPS) is 20.1. The quantitative estimate of drug-likeness (QED) is 0.887. The van der Waals surface area contributed by atoms with Crippen LogP contribution in [0, 0.1) is 0 Å². The maximum absolute atomic E-state index is 13.1. The van der Waals surface area contributed by atoms with Crippen molar-refractivity contribution >= 4 is 0 Å². The van der Waals surface area contributed by atoms with Gasteiger partial charge in [-0.1, -0.05) is 25.1 Å². The van der Waals surface area contributed by atoms with Gasteiger partial charge >= 0.3 is 6.18 Å². The van der Waals surface area contributed by atoms with Crippen LogP contribution in [-0.2, 0) is 0 Å². The molecule has 0 radical (unpaired) electrons. The lowest BCUT2D eigenvalue weighted by Crippen LogP contribution is -2.44. The number of halogens is 3. The van der Waals surface area contributed by atoms with Crippen LogP contribution in [0.25, 0.3) is 0 Å². The van der Waals surface area contributed by atoms with E-state index >= 15 is 0 Å². The molecule has 20 heavy (non-hydrogen) atoms. The fourth-order valence-electron chi connectivity index (χ4n) is 2.60. The first kappa shape index (κ1) is 15.2. The van der Waals surface area contributed by atoms with Crippen molar-refractivity contribution in [3.05, 3.63) is 29.8 Å². The van der Waals surface area contributed by atoms with Crippen molar-refractivity contribution in [2.24, 2.45) is 0 Å². The van der Waals surface area contributed by atoms with Crippen LogP contribution in [0.5, 0.6) is 5.75 Å². The maximum Gasteiger partial charge on any atom is 0.403 e. The number of rotatable bonds is 5. The van der Waals surface area contributed by atoms with Crippen LogP contribution < -0.4 is 10.1 Å². The fourth-order valence-corrected chi connectivity index (χ4v) is 2.60. The van der Waals surface area contributed by atoms with E-state index in [4.69, 9.17) is 4.74 Å². The topological polar surface area (TPSA) is 21.3 Å². The van der Waals surface area contributed by atoms with E-state index in [1.54, 1.807) is 0 Å². The summed E-state index contributed by atoms with van der Waals surface area (Å²) < 4.78 is 44.7. The third-order valence-corrected chi connectivity index (χ3v) is 3.64. The Bertz CT molecular complexity index is 433. The van der Waals surface area contributed by atoms with Gasteiger partial charge in [-0.2, -0.15) is 13.2 Å². The van der Waals surface area contributed by atoms with Crippen molar-refractivity contribution in [1.29, 1.82) is 0 Å². The SMILES string of the molecule is CCCNC(CC1CCOc2ccccc21)C(F)(F)F. The molecule has 2 rings (SSSR count). The van der Waals surface area contributed by atoms with Gasteiger partial charge in [-0.05, 0) is 43.4 Å². The molecule has 0 saturated heterocycles. The van der Waals surface area contributed by atoms with Gasteiger partial charge in [-0.25, -0.2) is 0 Å². The Balaban J connectivity index is 2.11. The predicted octanol–water partition coefficient (Wildman–Crippen LogP) is 3.87. The van der Waals surface area contributed by atoms with Crippen molar-refractivity contribution < 1.29 is 17.9 Å². The van der Waals surface area contributed by atoms with Crippen molar-refractivity contribution in [3.63, 3.8) is 0 Å². The van der Waals surface area contributed by atoms with E-state index in [1.165, 1.54) is 0 Å². The van der Waals surface area contributed by atoms with Gasteiger partial charge in [0.25, 0.3) is 0 Å². The summed E-state index contributed by atoms with van der Waals surface area (Å²) in [7, 11) is 0. The molecule has 1 aliphatic rings. The number of fused-ring (bicyclic) bond motifs is 1. The Hall–Kier alpha value is -1.23. The lowest BCUT2D eigenvalue weighted by molar-refractivity contribution is -0.158. The molecule has 0 fully saturated rings. The molecule has 1 aromatic carbocycles. The minimum Gasteiger partial charge on any atom is -0.493 e. The van der Waals surface area contributed by atoms with E-state index < -0.39 is 12.2 Å². The Kier molecular flexibility index (Phi) is 4.91. The number of ether oxygens (including phenoxy) is 1. The molecule has 2 nitrogen and oxygen atoms in total. The number of nitrogens with one attached hydrogen (secondary N) is 1. The van der Waals surface area contributed by atoms with E-state index in [9.17, 15) is 13.2 Å². The molecule has 5 heteroatoms. The summed E-state index contributed by atoms with van der Waals surface area (Å²) in [5.41, 5.74) is 0.895. The monoisotopic (exact) mass is 287 g/mol. The second-order valence-electron chi connectivity index (χ2n) is 5.16. The highest BCUT2D eigenvalue weighted by Gasteiger charge is 2.41. The molecule has 2 unspecified atom stereocenters. The highest BCUT2D eigenvalue weighted by molar-refractivity contribution is 5.37. The van der Waals surface area contributed by atoms with Crippen LogP contribution in [0.2, 0.25) is 0 Å². The molecule has 1 aliphatic heterocycles. The van der Waals surface area contributed by atoms with Gasteiger partial charge in [0.1, 0.15) is 11.8 Å². The van der Waals surface area contributed by atoms with Crippen molar-refractivity contribution in [3.8, 4) is 5.75 Å². The first-order chi connectivity index (χ1) is 9.52. The van der Waals surface area contributed by atoms with Gasteiger partial charge in [0, 0.05) is 0 Å². The molecular formula is C15H20F3NO. The van der Waals surface area contributed by atoms with E-state index in [0.717, 1.165) is 11.3 Å². The van der Waals surface area contributed by atoms with Gasteiger partial charge in [0.15, 0.2) is 0 Å². The highest BCUT2D eigenvalue weighted by Crippen LogP contribution is 2.38. The molecular weight excluding hydrogens is 267 g/mol. The second kappa shape index (κ2) is 6.48. The zero-order valence-corrected chi connectivity index (χ0v) is 11.5. The standard InChI is InChI=1S/C15H20F3NO/c1-2-8-19-14(15(16,17)18)10-11-7-9-20-13-6-4-3-5-12(11)13/h3-6,11,14,19H,2,7-10H2,1H3. The number of alkyl halides is 3. The minimum atomic E-state index is -4.21. The third kappa shape index (κ3) is 3.66. The molecule has 0 amide bonds. The number of hydrogen-bond acceptors (Lipinski definition) is 2. The Labute approximate surface area is 117 Å². The molecule has 112 valence electrons. The van der Waals surface area contributed by atoms with Crippen LogP contribution in [-0.4, -0.2) is 25.4 Å². The van der Waals surface area contributed by atoms with Crippen molar-refractivity contribution in [2.45, 2.75) is 44.3 Å². The average molecular weight is 287 g/mol. The molecule has 1 heterocycles. The zero-order valence-electron chi connectivity index (χ0n) is 11.5. The molecule has 0 aliphatic carbocycles. The van der Waals surface area contributed by atoms with E-state index in [0.29, 0.717) is 26.0 Å². The lowest BCUT2D eigenvalue weighted by atomic mass is 9.87. The lowest BCUT2D eigenvalue weighted by Gasteiger charge is -2.30. The molecule has 0 aromatic heterocycles. The van der Waals surface area contributed by atoms with Gasteiger partial charge in [-0.3, -0.25) is 0 Å². The Morgan fingerprint density at radius 2 is 2.10 bits per heavy atom. The summed E-state index contributed by atoms with van der Waals surface area (Å²) in [6.07, 6.45) is -2.80. The Morgan fingerprint density at radius 3 is 2.80 bits per heavy atom. The van der Waals surface area contributed by atoms with Crippen LogP contribution in [0.15, 0.2) is 24.3 Å². The minimum absolute atomic E-state index is 0.0733. The fraction of sp³-hybridized carbons (Fsp3) is 0.600. The van der Waals surface area contributed by atoms with Crippen molar-refractivity contribution in [1.82, 2.24) is 5.32 Å². The molecule has 2 atom stereocenters. The predicted molar refractivity (Wildman–Crippen MR) is 72.0 cm³/mol. The smallest absolute Gasteiger partial charge is 0.403 e. The van der Waals surface area contributed by atoms with Crippen LogP contribution >= 0.6 is 0 Å². The molecule has 0 bridgehead atoms. The first-order valence-corrected chi connectivity index (χ1v) is 7.04. The molecule has 1 N–H and O–H groups in total. The van der Waals surface area contributed by atoms with Gasteiger partial charge in [0.05, 0.1) is 6.61 Å². The Morgan fingerprint density at radius 1 is 1.35 bits per heavy atom. The van der Waals surface area contributed by atoms with Gasteiger partial charge in [0.2, 0.25) is 0 Å². The van der Waals surface area contributed by atoms with E-state index in [-0.39, 0.29) is 12.3 Å². The third-order valence-electron chi connectivity index (χ3n) is 3.64. The first-order valence-electron chi connectivity index (χ1n) is 7.04. The highest BCUT2D eigenvalue weighted by atomic mass is 19.4. The van der Waals surface area contributed by atoms with E-state index in [1.807, 2.05) is 31.2 Å². The van der Waals surface area contributed by atoms with Gasteiger partial charge in [-0.15, -0.1) is 0 Å². The van der Waals surface area contributed by atoms with E-state index in [2.05, 4.69) is 5.32 Å². The average Bonchev–Trinajstić information content (AvgIpc) is 2.42. The largest absolute Gasteiger partial charge is 0.493 e. The summed E-state index contributed by atoms with van der Waals surface area (Å²) >= 11 is 0. The molecule has 0 spiro atoms. The van der Waals surface area contributed by atoms with Crippen LogP contribution in [0.3, 0.4) is 0 Å². The molecule has 0 saturated carbocycles. The maximum atomic E-state index is 13.1. The van der Waals surface area contributed by atoms with Crippen LogP contribution in [0.1, 0.15) is 37.7 Å². The summed E-state index contributed by atoms with van der Waals surface area (Å²) in [6, 6.07) is 5.94. The summed E-state index contributed by atoms with van der Waals surface area (Å²) in [5, 5.41) is 2.62. The van der Waals surface area contributed by atoms with Crippen LogP contribution in [0.4, 0.5) is 13.2 Å². The summed E-state index contributed by atoms with van der Waals surface area (Å²) in [5.74, 6) is 0.621. The molecule has 1 aromatic rings. The van der Waals surface area contributed by atoms with Gasteiger partial charge < -0.3 is 10.1 Å². The number of para-hydroxylation sites is 1. The summed E-state index contributed by atoms with van der Waals surface area (Å²) in [6.45, 7) is 2.74. The number of hydrogen-bond donors (Lipinski definition) is 1.